The Morgan fingerprint density at radius 3 is 2.21 bits per heavy atom. The number of ether oxygens (including phenoxy) is 2. The molecule has 0 spiro atoms. The second kappa shape index (κ2) is 10.6. The second-order valence-corrected chi connectivity index (χ2v) is 8.60. The SMILES string of the molecule is COc1cc2cc(NC(=O)c3cc(NC(=O)c4cccc(C(F)(F)F)c4Cl)ccc3C)cnc2cc1OC. The molecular formula is C27H21ClF3N3O4. The summed E-state index contributed by atoms with van der Waals surface area (Å²) in [6.45, 7) is 1.71. The highest BCUT2D eigenvalue weighted by atomic mass is 35.5. The zero-order chi connectivity index (χ0) is 27.6. The monoisotopic (exact) mass is 543 g/mol. The highest BCUT2D eigenvalue weighted by Gasteiger charge is 2.34. The normalized spacial score (nSPS) is 11.2. The van der Waals surface area contributed by atoms with Crippen molar-refractivity contribution in [2.45, 2.75) is 13.1 Å². The number of hydrogen-bond donors (Lipinski definition) is 2. The van der Waals surface area contributed by atoms with Crippen molar-refractivity contribution >= 4 is 45.7 Å². The Morgan fingerprint density at radius 1 is 0.868 bits per heavy atom. The smallest absolute Gasteiger partial charge is 0.417 e. The van der Waals surface area contributed by atoms with Crippen LogP contribution in [-0.2, 0) is 6.18 Å². The Labute approximate surface area is 220 Å². The third-order valence-electron chi connectivity index (χ3n) is 5.73. The Balaban J connectivity index is 1.57. The molecule has 2 amide bonds. The van der Waals surface area contributed by atoms with Gasteiger partial charge in [0.25, 0.3) is 11.8 Å². The molecule has 0 fully saturated rings. The van der Waals surface area contributed by atoms with E-state index < -0.39 is 28.6 Å². The molecule has 0 radical (unpaired) electrons. The molecule has 0 bridgehead atoms. The number of amides is 2. The predicted octanol–water partition coefficient (Wildman–Crippen LogP) is 6.74. The first kappa shape index (κ1) is 26.7. The van der Waals surface area contributed by atoms with Crippen LogP contribution in [0.2, 0.25) is 5.02 Å². The van der Waals surface area contributed by atoms with Gasteiger partial charge in [0.05, 0.1) is 47.8 Å². The van der Waals surface area contributed by atoms with Crippen LogP contribution in [0.3, 0.4) is 0 Å². The first-order chi connectivity index (χ1) is 18.0. The number of anilines is 2. The summed E-state index contributed by atoms with van der Waals surface area (Å²) in [5.41, 5.74) is 0.642. The van der Waals surface area contributed by atoms with E-state index in [0.717, 1.165) is 12.1 Å². The maximum atomic E-state index is 13.2. The second-order valence-electron chi connectivity index (χ2n) is 8.23. The largest absolute Gasteiger partial charge is 0.493 e. The van der Waals surface area contributed by atoms with E-state index in [2.05, 4.69) is 15.6 Å². The van der Waals surface area contributed by atoms with Crippen LogP contribution in [0.15, 0.2) is 60.8 Å². The van der Waals surface area contributed by atoms with Gasteiger partial charge < -0.3 is 20.1 Å². The van der Waals surface area contributed by atoms with E-state index in [4.69, 9.17) is 21.1 Å². The number of aromatic nitrogens is 1. The van der Waals surface area contributed by atoms with Crippen LogP contribution < -0.4 is 20.1 Å². The number of carbonyl (C=O) groups excluding carboxylic acids is 2. The Hall–Kier alpha value is -4.31. The van der Waals surface area contributed by atoms with Crippen molar-refractivity contribution in [3.63, 3.8) is 0 Å². The molecule has 0 unspecified atom stereocenters. The van der Waals surface area contributed by atoms with Crippen LogP contribution in [0, 0.1) is 6.92 Å². The maximum Gasteiger partial charge on any atom is 0.417 e. The van der Waals surface area contributed by atoms with Gasteiger partial charge >= 0.3 is 6.18 Å². The standard InChI is InChI=1S/C27H21ClF3N3O4/c1-14-7-8-16(33-25(35)18-5-4-6-20(24(18)28)27(29,30)31)11-19(14)26(36)34-17-9-15-10-22(37-2)23(38-3)12-21(15)32-13-17/h4-13H,1-3H3,(H,33,35)(H,34,36). The molecule has 0 aliphatic rings. The van der Waals surface area contributed by atoms with E-state index in [0.29, 0.717) is 33.7 Å². The number of pyridine rings is 1. The van der Waals surface area contributed by atoms with Crippen molar-refractivity contribution in [1.82, 2.24) is 4.98 Å². The van der Waals surface area contributed by atoms with E-state index in [1.807, 2.05) is 0 Å². The zero-order valence-corrected chi connectivity index (χ0v) is 21.1. The lowest BCUT2D eigenvalue weighted by Crippen LogP contribution is -2.17. The third-order valence-corrected chi connectivity index (χ3v) is 6.14. The minimum atomic E-state index is -4.71. The summed E-state index contributed by atoms with van der Waals surface area (Å²) in [6.07, 6.45) is -3.22. The van der Waals surface area contributed by atoms with Gasteiger partial charge in [-0.25, -0.2) is 0 Å². The lowest BCUT2D eigenvalue weighted by atomic mass is 10.1. The molecule has 1 aromatic heterocycles. The number of nitrogens with zero attached hydrogens (tertiary/aromatic N) is 1. The van der Waals surface area contributed by atoms with Gasteiger partial charge in [-0.15, -0.1) is 0 Å². The fraction of sp³-hybridized carbons (Fsp3) is 0.148. The highest BCUT2D eigenvalue weighted by molar-refractivity contribution is 6.35. The fourth-order valence-corrected chi connectivity index (χ4v) is 4.11. The molecule has 0 saturated carbocycles. The number of aryl methyl sites for hydroxylation is 1. The van der Waals surface area contributed by atoms with E-state index in [-0.39, 0.29) is 16.8 Å². The van der Waals surface area contributed by atoms with E-state index in [1.54, 1.807) is 31.2 Å². The average Bonchev–Trinajstić information content (AvgIpc) is 2.88. The van der Waals surface area contributed by atoms with Crippen LogP contribution in [-0.4, -0.2) is 31.0 Å². The highest BCUT2D eigenvalue weighted by Crippen LogP contribution is 2.36. The Morgan fingerprint density at radius 2 is 1.53 bits per heavy atom. The van der Waals surface area contributed by atoms with Crippen LogP contribution >= 0.6 is 11.6 Å². The molecule has 0 aliphatic carbocycles. The van der Waals surface area contributed by atoms with E-state index >= 15 is 0 Å². The molecular weight excluding hydrogens is 523 g/mol. The van der Waals surface area contributed by atoms with Gasteiger partial charge in [0.1, 0.15) is 0 Å². The molecule has 11 heteroatoms. The predicted molar refractivity (Wildman–Crippen MR) is 138 cm³/mol. The molecule has 3 aromatic carbocycles. The van der Waals surface area contributed by atoms with Gasteiger partial charge in [0, 0.05) is 22.7 Å². The first-order valence-electron chi connectivity index (χ1n) is 11.1. The van der Waals surface area contributed by atoms with Crippen molar-refractivity contribution in [3.05, 3.63) is 88.1 Å². The molecule has 1 heterocycles. The molecule has 0 aliphatic heterocycles. The summed E-state index contributed by atoms with van der Waals surface area (Å²) in [6, 6.07) is 12.8. The van der Waals surface area contributed by atoms with E-state index in [1.165, 1.54) is 38.6 Å². The van der Waals surface area contributed by atoms with Gasteiger partial charge in [-0.1, -0.05) is 23.7 Å². The van der Waals surface area contributed by atoms with Crippen molar-refractivity contribution in [3.8, 4) is 11.5 Å². The summed E-state index contributed by atoms with van der Waals surface area (Å²) < 4.78 is 50.1. The molecule has 196 valence electrons. The minimum absolute atomic E-state index is 0.202. The van der Waals surface area contributed by atoms with Crippen molar-refractivity contribution in [2.24, 2.45) is 0 Å². The number of nitrogens with one attached hydrogen (secondary N) is 2. The number of fused-ring (bicyclic) bond motifs is 1. The number of hydrogen-bond acceptors (Lipinski definition) is 5. The molecule has 0 atom stereocenters. The summed E-state index contributed by atoms with van der Waals surface area (Å²) in [5.74, 6) is -0.299. The topological polar surface area (TPSA) is 89.6 Å². The number of alkyl halides is 3. The summed E-state index contributed by atoms with van der Waals surface area (Å²) in [5, 5.41) is 5.27. The van der Waals surface area contributed by atoms with Gasteiger partial charge in [0.15, 0.2) is 11.5 Å². The first-order valence-corrected chi connectivity index (χ1v) is 11.5. The summed E-state index contributed by atoms with van der Waals surface area (Å²) in [7, 11) is 3.03. The van der Waals surface area contributed by atoms with E-state index in [9.17, 15) is 22.8 Å². The van der Waals surface area contributed by atoms with Crippen LogP contribution in [0.1, 0.15) is 31.8 Å². The van der Waals surface area contributed by atoms with Gasteiger partial charge in [-0.3, -0.25) is 14.6 Å². The third kappa shape index (κ3) is 5.50. The Bertz CT molecular complexity index is 1560. The van der Waals surface area contributed by atoms with Crippen molar-refractivity contribution in [1.29, 1.82) is 0 Å². The van der Waals surface area contributed by atoms with Gasteiger partial charge in [0.2, 0.25) is 0 Å². The van der Waals surface area contributed by atoms with Crippen molar-refractivity contribution < 1.29 is 32.2 Å². The average molecular weight is 544 g/mol. The lowest BCUT2D eigenvalue weighted by Gasteiger charge is -2.14. The zero-order valence-electron chi connectivity index (χ0n) is 20.4. The Kier molecular flexibility index (Phi) is 7.45. The lowest BCUT2D eigenvalue weighted by molar-refractivity contribution is -0.137. The van der Waals surface area contributed by atoms with Crippen LogP contribution in [0.25, 0.3) is 10.9 Å². The molecule has 4 rings (SSSR count). The molecule has 38 heavy (non-hydrogen) atoms. The number of halogens is 4. The van der Waals surface area contributed by atoms with Gasteiger partial charge in [-0.2, -0.15) is 13.2 Å². The summed E-state index contributed by atoms with van der Waals surface area (Å²) in [4.78, 5) is 30.1. The molecule has 2 N–H and O–H groups in total. The molecule has 7 nitrogen and oxygen atoms in total. The number of rotatable bonds is 6. The molecule has 4 aromatic rings. The van der Waals surface area contributed by atoms with Gasteiger partial charge in [-0.05, 0) is 48.9 Å². The maximum absolute atomic E-state index is 13.2. The molecule has 0 saturated heterocycles. The van der Waals surface area contributed by atoms with Crippen LogP contribution in [0.5, 0.6) is 11.5 Å². The number of carbonyl (C=O) groups is 2. The number of methoxy groups -OCH3 is 2. The summed E-state index contributed by atoms with van der Waals surface area (Å²) >= 11 is 5.86. The van der Waals surface area contributed by atoms with Crippen LogP contribution in [0.4, 0.5) is 24.5 Å². The minimum Gasteiger partial charge on any atom is -0.493 e. The number of benzene rings is 3. The van der Waals surface area contributed by atoms with Crippen molar-refractivity contribution in [2.75, 3.05) is 24.9 Å². The quantitative estimate of drug-likeness (QED) is 0.281. The fourth-order valence-electron chi connectivity index (χ4n) is 3.79.